The van der Waals surface area contributed by atoms with Crippen molar-refractivity contribution in [2.75, 3.05) is 20.3 Å². The zero-order chi connectivity index (χ0) is 35.7. The van der Waals surface area contributed by atoms with E-state index in [0.29, 0.717) is 53.2 Å². The number of aliphatic hydroxyl groups excluding tert-OH is 2. The van der Waals surface area contributed by atoms with E-state index >= 15 is 0 Å². The number of hydroxylamine groups is 2. The Morgan fingerprint density at radius 1 is 1.10 bits per heavy atom. The fourth-order valence-electron chi connectivity index (χ4n) is 8.76. The fourth-order valence-corrected chi connectivity index (χ4v) is 8.76. The molecule has 0 spiro atoms. The van der Waals surface area contributed by atoms with Crippen molar-refractivity contribution >= 4 is 11.8 Å². The molecule has 2 amide bonds. The SMILES string of the molecule is COc1c(CN2O[C@@H](CO)[C@H]([C@H](C)O)[C@H]2C(=O)N[C@H]2C[C@H]3C[C@@H]([C@@H]2C)C3(C)C)cccc1-c1ccc(F)c(C(=O)NCCc2ccccc2)c1. The molecule has 8 atom stereocenters. The number of rotatable bonds is 12. The smallest absolute Gasteiger partial charge is 0.254 e. The van der Waals surface area contributed by atoms with Crippen LogP contribution in [0.25, 0.3) is 11.1 Å². The van der Waals surface area contributed by atoms with E-state index in [1.165, 1.54) is 25.7 Å². The molecule has 3 saturated carbocycles. The first-order valence-corrected chi connectivity index (χ1v) is 17.7. The number of hydrogen-bond acceptors (Lipinski definition) is 7. The first kappa shape index (κ1) is 36.0. The number of fused-ring (bicyclic) bond motifs is 2. The zero-order valence-electron chi connectivity index (χ0n) is 29.6. The molecule has 50 heavy (non-hydrogen) atoms. The normalized spacial score (nSPS) is 27.6. The molecule has 7 rings (SSSR count). The number of carbonyl (C=O) groups excluding carboxylic acids is 2. The molecule has 1 heterocycles. The largest absolute Gasteiger partial charge is 0.496 e. The highest BCUT2D eigenvalue weighted by molar-refractivity contribution is 5.96. The van der Waals surface area contributed by atoms with E-state index in [4.69, 9.17) is 9.57 Å². The van der Waals surface area contributed by atoms with Crippen molar-refractivity contribution in [3.63, 3.8) is 0 Å². The van der Waals surface area contributed by atoms with Gasteiger partial charge >= 0.3 is 0 Å². The van der Waals surface area contributed by atoms with Crippen molar-refractivity contribution in [3.8, 4) is 16.9 Å². The van der Waals surface area contributed by atoms with Crippen molar-refractivity contribution in [1.82, 2.24) is 15.7 Å². The van der Waals surface area contributed by atoms with Crippen LogP contribution in [0.5, 0.6) is 5.75 Å². The van der Waals surface area contributed by atoms with Gasteiger partial charge in [0, 0.05) is 29.6 Å². The van der Waals surface area contributed by atoms with E-state index in [9.17, 15) is 24.2 Å². The number of hydrogen-bond donors (Lipinski definition) is 4. The topological polar surface area (TPSA) is 120 Å². The molecule has 3 aromatic rings. The van der Waals surface area contributed by atoms with Crippen molar-refractivity contribution in [1.29, 1.82) is 0 Å². The molecule has 0 unspecified atom stereocenters. The van der Waals surface area contributed by atoms with Crippen molar-refractivity contribution in [2.24, 2.45) is 29.1 Å². The number of benzene rings is 3. The predicted molar refractivity (Wildman–Crippen MR) is 188 cm³/mol. The highest BCUT2D eigenvalue weighted by Gasteiger charge is 2.57. The fraction of sp³-hybridized carbons (Fsp3) is 0.500. The number of amides is 2. The average Bonchev–Trinajstić information content (AvgIpc) is 3.48. The number of nitrogens with one attached hydrogen (secondary N) is 2. The van der Waals surface area contributed by atoms with E-state index in [-0.39, 0.29) is 36.1 Å². The van der Waals surface area contributed by atoms with Gasteiger partial charge in [0.2, 0.25) is 5.91 Å². The Bertz CT molecular complexity index is 1680. The lowest BCUT2D eigenvalue weighted by Crippen LogP contribution is -2.62. The van der Waals surface area contributed by atoms with Crippen molar-refractivity contribution < 1.29 is 33.8 Å². The molecule has 1 aliphatic heterocycles. The van der Waals surface area contributed by atoms with Gasteiger partial charge in [-0.3, -0.25) is 14.4 Å². The molecule has 3 aromatic carbocycles. The van der Waals surface area contributed by atoms with Crippen molar-refractivity contribution in [3.05, 3.63) is 89.2 Å². The highest BCUT2D eigenvalue weighted by Crippen LogP contribution is 2.61. The van der Waals surface area contributed by atoms with Gasteiger partial charge in [0.1, 0.15) is 23.7 Å². The minimum Gasteiger partial charge on any atom is -0.496 e. The molecule has 0 aromatic heterocycles. The standard InChI is InChI=1S/C40H50FN3O6/c1-23-31-19-28(40(31,3)4)20-33(23)43-39(48)36-35(24(2)46)34(22-45)50-44(36)21-27-12-9-13-29(37(27)49-5)26-14-15-32(41)30(18-26)38(47)42-17-16-25-10-7-6-8-11-25/h6-15,18,23-24,28,31,33-36,45-46H,16-17,19-22H2,1-5H3,(H,42,47)(H,43,48)/t23-,24-,28+,31-,33-,34-,35-,36-/m0/s1. The summed E-state index contributed by atoms with van der Waals surface area (Å²) >= 11 is 0. The summed E-state index contributed by atoms with van der Waals surface area (Å²) in [6.45, 7) is 8.57. The van der Waals surface area contributed by atoms with Crippen LogP contribution in [0, 0.1) is 34.9 Å². The van der Waals surface area contributed by atoms with Gasteiger partial charge in [0.25, 0.3) is 5.91 Å². The molecular weight excluding hydrogens is 637 g/mol. The summed E-state index contributed by atoms with van der Waals surface area (Å²) in [7, 11) is 1.53. The maximum atomic E-state index is 15.0. The number of aliphatic hydroxyl groups is 2. The monoisotopic (exact) mass is 687 g/mol. The summed E-state index contributed by atoms with van der Waals surface area (Å²) in [4.78, 5) is 33.4. The third-order valence-corrected chi connectivity index (χ3v) is 11.8. The zero-order valence-corrected chi connectivity index (χ0v) is 29.6. The van der Waals surface area contributed by atoms with Gasteiger partial charge in [-0.05, 0) is 72.6 Å². The first-order valence-electron chi connectivity index (χ1n) is 17.7. The molecule has 4 aliphatic rings. The third-order valence-electron chi connectivity index (χ3n) is 11.8. The summed E-state index contributed by atoms with van der Waals surface area (Å²) in [5.74, 6) is -0.159. The van der Waals surface area contributed by atoms with Gasteiger partial charge in [0.05, 0.1) is 31.9 Å². The number of methoxy groups -OCH3 is 1. The van der Waals surface area contributed by atoms with Crippen LogP contribution in [-0.2, 0) is 22.6 Å². The number of halogens is 1. The maximum absolute atomic E-state index is 15.0. The molecule has 2 bridgehead atoms. The predicted octanol–water partition coefficient (Wildman–Crippen LogP) is 5.13. The quantitative estimate of drug-likeness (QED) is 0.208. The van der Waals surface area contributed by atoms with Crippen LogP contribution in [0.1, 0.15) is 62.0 Å². The number of carbonyl (C=O) groups is 2. The molecule has 4 fully saturated rings. The lowest BCUT2D eigenvalue weighted by atomic mass is 9.45. The molecule has 1 saturated heterocycles. The van der Waals surface area contributed by atoms with Crippen LogP contribution >= 0.6 is 0 Å². The maximum Gasteiger partial charge on any atom is 0.254 e. The van der Waals surface area contributed by atoms with E-state index in [2.05, 4.69) is 31.4 Å². The Morgan fingerprint density at radius 2 is 1.86 bits per heavy atom. The minimum atomic E-state index is -0.922. The van der Waals surface area contributed by atoms with Gasteiger partial charge in [-0.15, -0.1) is 0 Å². The van der Waals surface area contributed by atoms with Crippen LogP contribution < -0.4 is 15.4 Å². The Balaban J connectivity index is 1.23. The second-order valence-corrected chi connectivity index (χ2v) is 14.9. The summed E-state index contributed by atoms with van der Waals surface area (Å²) in [6.07, 6.45) is 1.01. The molecule has 4 N–H and O–H groups in total. The summed E-state index contributed by atoms with van der Waals surface area (Å²) < 4.78 is 20.9. The summed E-state index contributed by atoms with van der Waals surface area (Å²) in [5.41, 5.74) is 3.15. The van der Waals surface area contributed by atoms with Gasteiger partial charge < -0.3 is 25.6 Å². The van der Waals surface area contributed by atoms with Crippen LogP contribution in [0.4, 0.5) is 4.39 Å². The molecule has 0 radical (unpaired) electrons. The summed E-state index contributed by atoms with van der Waals surface area (Å²) in [6, 6.07) is 18.8. The van der Waals surface area contributed by atoms with E-state index in [0.717, 1.165) is 12.0 Å². The van der Waals surface area contributed by atoms with Gasteiger partial charge in [-0.25, -0.2) is 4.39 Å². The Kier molecular flexibility index (Phi) is 10.6. The summed E-state index contributed by atoms with van der Waals surface area (Å²) in [5, 5.41) is 28.8. The van der Waals surface area contributed by atoms with Crippen LogP contribution in [0.15, 0.2) is 66.7 Å². The van der Waals surface area contributed by atoms with Crippen LogP contribution in [0.2, 0.25) is 0 Å². The molecular formula is C40H50FN3O6. The highest BCUT2D eigenvalue weighted by atomic mass is 19.1. The Morgan fingerprint density at radius 3 is 2.52 bits per heavy atom. The molecule has 3 aliphatic carbocycles. The van der Waals surface area contributed by atoms with Gasteiger partial charge in [-0.2, -0.15) is 5.06 Å². The van der Waals surface area contributed by atoms with Gasteiger partial charge in [0.15, 0.2) is 0 Å². The first-order chi connectivity index (χ1) is 23.9. The Hall–Kier alpha value is -3.83. The second kappa shape index (κ2) is 14.8. The van der Waals surface area contributed by atoms with E-state index in [1.54, 1.807) is 18.1 Å². The molecule has 9 nitrogen and oxygen atoms in total. The third kappa shape index (κ3) is 6.91. The van der Waals surface area contributed by atoms with E-state index < -0.39 is 35.9 Å². The van der Waals surface area contributed by atoms with E-state index in [1.807, 2.05) is 48.5 Å². The molecule has 10 heteroatoms. The number of para-hydroxylation sites is 1. The molecule has 268 valence electrons. The second-order valence-electron chi connectivity index (χ2n) is 14.9. The number of nitrogens with zero attached hydrogens (tertiary/aromatic N) is 1. The average molecular weight is 688 g/mol. The van der Waals surface area contributed by atoms with Crippen molar-refractivity contribution in [2.45, 2.75) is 77.8 Å². The van der Waals surface area contributed by atoms with Crippen LogP contribution in [-0.4, -0.2) is 71.6 Å². The minimum absolute atomic E-state index is 0.0185. The lowest BCUT2D eigenvalue weighted by Gasteiger charge is -2.62. The van der Waals surface area contributed by atoms with Crippen LogP contribution in [0.3, 0.4) is 0 Å². The van der Waals surface area contributed by atoms with Gasteiger partial charge in [-0.1, -0.05) is 75.4 Å². The number of ether oxygens (including phenoxy) is 1. The Labute approximate surface area is 294 Å². The lowest BCUT2D eigenvalue weighted by molar-refractivity contribution is -0.183.